The number of carbonyl (C=O) groups is 1. The summed E-state index contributed by atoms with van der Waals surface area (Å²) in [5.74, 6) is 1.08. The zero-order valence-corrected chi connectivity index (χ0v) is 13.4. The summed E-state index contributed by atoms with van der Waals surface area (Å²) < 4.78 is 22.1. The summed E-state index contributed by atoms with van der Waals surface area (Å²) in [5.41, 5.74) is 1.71. The molecule has 0 spiro atoms. The molecule has 3 atom stereocenters. The first-order valence-corrected chi connectivity index (χ1v) is 8.64. The highest BCUT2D eigenvalue weighted by Gasteiger charge is 2.41. The molecule has 0 bridgehead atoms. The van der Waals surface area contributed by atoms with E-state index in [1.165, 1.54) is 6.42 Å². The van der Waals surface area contributed by atoms with E-state index in [1.807, 2.05) is 19.1 Å². The Hall–Kier alpha value is -1.44. The summed E-state index contributed by atoms with van der Waals surface area (Å²) in [7, 11) is 0. The van der Waals surface area contributed by atoms with Gasteiger partial charge in [-0.1, -0.05) is 24.1 Å². The van der Waals surface area contributed by atoms with Gasteiger partial charge in [0, 0.05) is 18.8 Å². The third-order valence-electron chi connectivity index (χ3n) is 4.59. The highest BCUT2D eigenvalue weighted by molar-refractivity contribution is 7.77. The van der Waals surface area contributed by atoms with Gasteiger partial charge in [0.25, 0.3) is 11.3 Å². The zero-order valence-electron chi connectivity index (χ0n) is 12.6. The van der Waals surface area contributed by atoms with Crippen molar-refractivity contribution >= 4 is 23.0 Å². The van der Waals surface area contributed by atoms with Crippen LogP contribution in [-0.4, -0.2) is 37.3 Å². The van der Waals surface area contributed by atoms with E-state index in [-0.39, 0.29) is 0 Å². The van der Waals surface area contributed by atoms with Gasteiger partial charge in [0.2, 0.25) is 0 Å². The fourth-order valence-electron chi connectivity index (χ4n) is 3.46. The second-order valence-corrected chi connectivity index (χ2v) is 6.93. The van der Waals surface area contributed by atoms with E-state index in [1.54, 1.807) is 17.1 Å². The molecule has 1 aliphatic heterocycles. The normalized spacial score (nSPS) is 25.7. The Balaban J connectivity index is 1.69. The minimum Gasteiger partial charge on any atom is -0.306 e. The van der Waals surface area contributed by atoms with Gasteiger partial charge in [0.1, 0.15) is 0 Å². The molecular formula is C15H21N3O3S. The van der Waals surface area contributed by atoms with Gasteiger partial charge in [-0.15, -0.1) is 4.41 Å². The van der Waals surface area contributed by atoms with Gasteiger partial charge in [-0.2, -0.15) is 0 Å². The first-order chi connectivity index (χ1) is 10.5. The number of fused-ring (bicyclic) bond motifs is 1. The lowest BCUT2D eigenvalue weighted by Gasteiger charge is -2.28. The van der Waals surface area contributed by atoms with E-state index >= 15 is 0 Å². The van der Waals surface area contributed by atoms with Crippen LogP contribution in [0.5, 0.6) is 0 Å². The van der Waals surface area contributed by atoms with Crippen LogP contribution in [0.2, 0.25) is 0 Å². The molecule has 1 saturated heterocycles. The summed E-state index contributed by atoms with van der Waals surface area (Å²) in [4.78, 5) is 12.4. The lowest BCUT2D eigenvalue weighted by Crippen LogP contribution is -2.48. The molecule has 3 unspecified atom stereocenters. The number of rotatable bonds is 3. The molecule has 2 fully saturated rings. The number of benzene rings is 1. The van der Waals surface area contributed by atoms with Crippen molar-refractivity contribution in [3.63, 3.8) is 0 Å². The number of hydrazine groups is 1. The molecule has 1 heterocycles. The molecular weight excluding hydrogens is 302 g/mol. The van der Waals surface area contributed by atoms with Gasteiger partial charge in [-0.3, -0.25) is 4.55 Å². The molecule has 2 aliphatic rings. The summed E-state index contributed by atoms with van der Waals surface area (Å²) >= 11 is -2.36. The van der Waals surface area contributed by atoms with Crippen LogP contribution in [0, 0.1) is 18.8 Å². The number of hydrogen-bond donors (Lipinski definition) is 2. The van der Waals surface area contributed by atoms with Crippen molar-refractivity contribution in [2.75, 3.05) is 18.4 Å². The number of nitrogens with one attached hydrogen (secondary N) is 1. The zero-order chi connectivity index (χ0) is 15.7. The molecule has 2 amide bonds. The van der Waals surface area contributed by atoms with Crippen LogP contribution in [-0.2, 0) is 11.3 Å². The van der Waals surface area contributed by atoms with Crippen LogP contribution in [0.15, 0.2) is 24.3 Å². The third kappa shape index (κ3) is 3.16. The average molecular weight is 323 g/mol. The molecule has 1 aliphatic carbocycles. The SMILES string of the molecule is Cc1ccc(NC(=O)N(N2CC3CCCC3C2)S(=O)O)cc1. The first kappa shape index (κ1) is 15.5. The number of urea groups is 1. The second kappa shape index (κ2) is 6.36. The molecule has 0 radical (unpaired) electrons. The Morgan fingerprint density at radius 2 is 1.86 bits per heavy atom. The predicted molar refractivity (Wildman–Crippen MR) is 85.2 cm³/mol. The lowest BCUT2D eigenvalue weighted by molar-refractivity contribution is 0.108. The van der Waals surface area contributed by atoms with Crippen molar-refractivity contribution in [1.29, 1.82) is 0 Å². The van der Waals surface area contributed by atoms with Crippen LogP contribution in [0.3, 0.4) is 0 Å². The number of nitrogens with zero attached hydrogens (tertiary/aromatic N) is 2. The summed E-state index contributed by atoms with van der Waals surface area (Å²) in [6, 6.07) is 6.77. The fourth-order valence-corrected chi connectivity index (χ4v) is 3.98. The Morgan fingerprint density at radius 3 is 2.41 bits per heavy atom. The maximum absolute atomic E-state index is 12.4. The van der Waals surface area contributed by atoms with E-state index in [0.29, 0.717) is 30.6 Å². The number of amides is 2. The lowest BCUT2D eigenvalue weighted by atomic mass is 10.0. The molecule has 3 rings (SSSR count). The Kier molecular flexibility index (Phi) is 4.46. The van der Waals surface area contributed by atoms with Crippen LogP contribution in [0.25, 0.3) is 0 Å². The van der Waals surface area contributed by atoms with Crippen LogP contribution >= 0.6 is 0 Å². The molecule has 6 nitrogen and oxygen atoms in total. The Bertz CT molecular complexity index is 566. The molecule has 1 aromatic rings. The van der Waals surface area contributed by atoms with Crippen LogP contribution in [0.1, 0.15) is 24.8 Å². The topological polar surface area (TPSA) is 72.9 Å². The van der Waals surface area contributed by atoms with Gasteiger partial charge in [-0.05, 0) is 43.7 Å². The number of aryl methyl sites for hydroxylation is 1. The van der Waals surface area contributed by atoms with E-state index < -0.39 is 17.3 Å². The quantitative estimate of drug-likeness (QED) is 0.839. The van der Waals surface area contributed by atoms with Crippen molar-refractivity contribution < 1.29 is 13.6 Å². The highest BCUT2D eigenvalue weighted by Crippen LogP contribution is 2.38. The van der Waals surface area contributed by atoms with Gasteiger partial charge in [0.05, 0.1) is 0 Å². The van der Waals surface area contributed by atoms with Crippen molar-refractivity contribution in [3.8, 4) is 0 Å². The molecule has 0 aromatic heterocycles. The smallest absolute Gasteiger partial charge is 0.306 e. The number of hydrogen-bond acceptors (Lipinski definition) is 3. The Labute approximate surface area is 132 Å². The largest absolute Gasteiger partial charge is 0.350 e. The van der Waals surface area contributed by atoms with Crippen molar-refractivity contribution in [2.24, 2.45) is 11.8 Å². The van der Waals surface area contributed by atoms with E-state index in [2.05, 4.69) is 5.32 Å². The van der Waals surface area contributed by atoms with Gasteiger partial charge < -0.3 is 5.32 Å². The molecule has 7 heteroatoms. The standard InChI is InChI=1S/C15H21N3O3S/c1-11-5-7-14(8-6-11)16-15(19)18(22(20)21)17-9-12-3-2-4-13(12)10-17/h5-8,12-13H,2-4,9-10H2,1H3,(H,16,19)(H,20,21). The van der Waals surface area contributed by atoms with Gasteiger partial charge >= 0.3 is 6.03 Å². The van der Waals surface area contributed by atoms with Crippen molar-refractivity contribution in [2.45, 2.75) is 26.2 Å². The minimum atomic E-state index is -2.36. The van der Waals surface area contributed by atoms with E-state index in [4.69, 9.17) is 0 Å². The number of anilines is 1. The molecule has 1 saturated carbocycles. The fraction of sp³-hybridized carbons (Fsp3) is 0.533. The predicted octanol–water partition coefficient (Wildman–Crippen LogP) is 2.61. The highest BCUT2D eigenvalue weighted by atomic mass is 32.2. The maximum atomic E-state index is 12.4. The van der Waals surface area contributed by atoms with Crippen molar-refractivity contribution in [1.82, 2.24) is 9.42 Å². The summed E-state index contributed by atoms with van der Waals surface area (Å²) in [6.45, 7) is 3.32. The minimum absolute atomic E-state index is 0.540. The molecule has 22 heavy (non-hydrogen) atoms. The molecule has 2 N–H and O–H groups in total. The summed E-state index contributed by atoms with van der Waals surface area (Å²) in [6.07, 6.45) is 3.51. The second-order valence-electron chi connectivity index (χ2n) is 6.12. The monoisotopic (exact) mass is 323 g/mol. The van der Waals surface area contributed by atoms with Crippen molar-refractivity contribution in [3.05, 3.63) is 29.8 Å². The summed E-state index contributed by atoms with van der Waals surface area (Å²) in [5, 5.41) is 4.40. The average Bonchev–Trinajstić information content (AvgIpc) is 3.02. The third-order valence-corrected chi connectivity index (χ3v) is 5.28. The van der Waals surface area contributed by atoms with Gasteiger partial charge in [0.15, 0.2) is 0 Å². The molecule has 120 valence electrons. The van der Waals surface area contributed by atoms with E-state index in [0.717, 1.165) is 22.8 Å². The van der Waals surface area contributed by atoms with Crippen LogP contribution < -0.4 is 5.32 Å². The van der Waals surface area contributed by atoms with Crippen LogP contribution in [0.4, 0.5) is 10.5 Å². The van der Waals surface area contributed by atoms with Gasteiger partial charge in [-0.25, -0.2) is 14.0 Å². The number of carbonyl (C=O) groups excluding carboxylic acids is 1. The maximum Gasteiger partial charge on any atom is 0.350 e. The Morgan fingerprint density at radius 1 is 1.27 bits per heavy atom. The molecule has 1 aromatic carbocycles. The van der Waals surface area contributed by atoms with E-state index in [9.17, 15) is 13.6 Å². The first-order valence-electron chi connectivity index (χ1n) is 7.58.